The van der Waals surface area contributed by atoms with Crippen molar-refractivity contribution in [1.82, 2.24) is 0 Å². The molecule has 1 N–H and O–H groups in total. The van der Waals surface area contributed by atoms with Crippen LogP contribution in [0.1, 0.15) is 20.8 Å². The summed E-state index contributed by atoms with van der Waals surface area (Å²) in [5.41, 5.74) is 0. The Morgan fingerprint density at radius 2 is 1.56 bits per heavy atom. The van der Waals surface area contributed by atoms with Crippen molar-refractivity contribution in [1.29, 1.82) is 0 Å². The van der Waals surface area contributed by atoms with Crippen LogP contribution in [0.25, 0.3) is 0 Å². The van der Waals surface area contributed by atoms with Gasteiger partial charge < -0.3 is 16.8 Å². The van der Waals surface area contributed by atoms with Gasteiger partial charge in [0.25, 0.3) is 0 Å². The van der Waals surface area contributed by atoms with E-state index in [1.54, 1.807) is 13.8 Å². The zero-order chi connectivity index (χ0) is 7.41. The molecule has 0 amide bonds. The van der Waals surface area contributed by atoms with Crippen LogP contribution in [0, 0.1) is 6.92 Å². The van der Waals surface area contributed by atoms with Gasteiger partial charge in [0.05, 0.1) is 0 Å². The van der Waals surface area contributed by atoms with E-state index >= 15 is 0 Å². The van der Waals surface area contributed by atoms with Gasteiger partial charge in [-0.1, -0.05) is 0 Å². The zero-order valence-electron chi connectivity index (χ0n) is 6.09. The average molecular weight is 177 g/mol. The van der Waals surface area contributed by atoms with E-state index in [0.29, 0.717) is 0 Å². The van der Waals surface area contributed by atoms with E-state index in [1.165, 1.54) is 13.2 Å². The first kappa shape index (κ1) is 22.9. The number of rotatable bonds is 0. The van der Waals surface area contributed by atoms with Gasteiger partial charge in [0.15, 0.2) is 0 Å². The molecule has 0 rings (SSSR count). The summed E-state index contributed by atoms with van der Waals surface area (Å²) in [6.07, 6.45) is 1.50. The first-order valence-electron chi connectivity index (χ1n) is 2.43. The first-order chi connectivity index (χ1) is 3.83. The fourth-order valence-corrected chi connectivity index (χ4v) is 0. The molecule has 0 aromatic carbocycles. The minimum absolute atomic E-state index is 0. The minimum Gasteiger partial charge on any atom is -0.542 e. The minimum atomic E-state index is 0. The summed E-state index contributed by atoms with van der Waals surface area (Å²) in [6, 6.07) is 0. The molecule has 2 nitrogen and oxygen atoms in total. The van der Waals surface area contributed by atoms with Gasteiger partial charge in [0.1, 0.15) is 0 Å². The fraction of sp³-hybridized carbons (Fsp3) is 0.667. The van der Waals surface area contributed by atoms with Crippen LogP contribution in [-0.2, 0) is 21.3 Å². The number of carbonyl (C=O) groups excluding carboxylic acids is 1. The molecule has 0 heterocycles. The van der Waals surface area contributed by atoms with Gasteiger partial charge in [-0.2, -0.15) is 13.8 Å². The van der Waals surface area contributed by atoms with Gasteiger partial charge in [-0.3, -0.25) is 6.29 Å². The number of hydrogen-bond acceptors (Lipinski definition) is 2. The van der Waals surface area contributed by atoms with Gasteiger partial charge in [-0.15, -0.1) is 0 Å². The molecule has 0 bridgehead atoms. The molecule has 3 heteroatoms. The summed E-state index contributed by atoms with van der Waals surface area (Å²) in [6.45, 7) is 8.25. The number of aliphatic hydroxyl groups excluding tert-OH is 1. The molecule has 0 aromatic rings. The van der Waals surface area contributed by atoms with Gasteiger partial charge in [-0.05, 0) is 6.92 Å². The van der Waals surface area contributed by atoms with Gasteiger partial charge in [0, 0.05) is 6.61 Å². The molecule has 0 fully saturated rings. The third-order valence-corrected chi connectivity index (χ3v) is 0. The van der Waals surface area contributed by atoms with Gasteiger partial charge in [-0.25, -0.2) is 0 Å². The average Bonchev–Trinajstić information content (AvgIpc) is 1.75. The third kappa shape index (κ3) is 20000. The van der Waals surface area contributed by atoms with Crippen LogP contribution in [0.3, 0.4) is 0 Å². The molecule has 0 saturated heterocycles. The van der Waals surface area contributed by atoms with E-state index < -0.39 is 0 Å². The van der Waals surface area contributed by atoms with Crippen molar-refractivity contribution in [2.24, 2.45) is 0 Å². The molecule has 0 radical (unpaired) electrons. The van der Waals surface area contributed by atoms with Crippen LogP contribution in [0.15, 0.2) is 0 Å². The zero-order valence-corrected chi connectivity index (χ0v) is 7.07. The van der Waals surface area contributed by atoms with E-state index in [2.05, 4.69) is 6.92 Å². The summed E-state index contributed by atoms with van der Waals surface area (Å²) >= 11 is 0. The first-order valence-corrected chi connectivity index (χ1v) is 2.43. The van der Waals surface area contributed by atoms with Crippen LogP contribution in [-0.4, -0.2) is 18.0 Å². The van der Waals surface area contributed by atoms with Crippen molar-refractivity contribution < 1.29 is 26.4 Å². The van der Waals surface area contributed by atoms with Crippen LogP contribution in [0.5, 0.6) is 0 Å². The summed E-state index contributed by atoms with van der Waals surface area (Å²) in [4.78, 5) is 8.68. The molecular formula is C6H14NiO2. The molecule has 60 valence electrons. The van der Waals surface area contributed by atoms with E-state index in [4.69, 9.17) is 9.90 Å². The largest absolute Gasteiger partial charge is 2.00 e. The Kier molecular flexibility index (Phi) is 233. The molecule has 0 aromatic heterocycles. The Labute approximate surface area is 67.6 Å². The molecule has 0 unspecified atom stereocenters. The Morgan fingerprint density at radius 1 is 1.56 bits per heavy atom. The molecule has 9 heavy (non-hydrogen) atoms. The van der Waals surface area contributed by atoms with Crippen molar-refractivity contribution in [3.63, 3.8) is 0 Å². The normalized spacial score (nSPS) is 4.11. The second-order valence-electron chi connectivity index (χ2n) is 0.520. The SMILES string of the molecule is CCO.C[C-]=O.[CH2-]C.[Ni+2]. The van der Waals surface area contributed by atoms with Crippen molar-refractivity contribution in [3.05, 3.63) is 6.92 Å². The van der Waals surface area contributed by atoms with Gasteiger partial charge >= 0.3 is 16.5 Å². The van der Waals surface area contributed by atoms with Crippen LogP contribution in [0.4, 0.5) is 0 Å². The Morgan fingerprint density at radius 3 is 1.56 bits per heavy atom. The number of aliphatic hydroxyl groups is 1. The summed E-state index contributed by atoms with van der Waals surface area (Å²) in [5, 5.41) is 7.57. The summed E-state index contributed by atoms with van der Waals surface area (Å²) < 4.78 is 0. The van der Waals surface area contributed by atoms with E-state index in [-0.39, 0.29) is 23.1 Å². The summed E-state index contributed by atoms with van der Waals surface area (Å²) in [5.74, 6) is 0. The van der Waals surface area contributed by atoms with E-state index in [0.717, 1.165) is 0 Å². The molecule has 0 aliphatic heterocycles. The predicted molar refractivity (Wildman–Crippen MR) is 35.2 cm³/mol. The second kappa shape index (κ2) is 91.4. The third-order valence-electron chi connectivity index (χ3n) is 0. The smallest absolute Gasteiger partial charge is 0.542 e. The Hall–Kier alpha value is 0.124. The molecule has 0 saturated carbocycles. The Balaban J connectivity index is -0.0000000202. The monoisotopic (exact) mass is 176 g/mol. The second-order valence-corrected chi connectivity index (χ2v) is 0.520. The van der Waals surface area contributed by atoms with Crippen molar-refractivity contribution in [2.75, 3.05) is 6.61 Å². The Bertz CT molecular complexity index is 25.0. The molecule has 0 spiro atoms. The van der Waals surface area contributed by atoms with Crippen molar-refractivity contribution in [3.8, 4) is 0 Å². The maximum Gasteiger partial charge on any atom is 2.00 e. The maximum atomic E-state index is 8.68. The molecule has 0 aliphatic carbocycles. The standard InChI is InChI=1S/C2H6O.C2H3O.C2H5.Ni/c2*1-2-3;1-2;/h3H,2H2,1H3;1H3;1H2,2H3;/q;2*-1;+2. The van der Waals surface area contributed by atoms with E-state index in [1.807, 2.05) is 0 Å². The van der Waals surface area contributed by atoms with Crippen LogP contribution in [0.2, 0.25) is 0 Å². The topological polar surface area (TPSA) is 37.3 Å². The maximum absolute atomic E-state index is 8.68. The quantitative estimate of drug-likeness (QED) is 0.441. The fourth-order valence-electron chi connectivity index (χ4n) is 0. The molecule has 0 aliphatic rings. The summed E-state index contributed by atoms with van der Waals surface area (Å²) in [7, 11) is 0. The van der Waals surface area contributed by atoms with Gasteiger partial charge in [0.2, 0.25) is 0 Å². The number of hydrogen-bond donors (Lipinski definition) is 1. The molecule has 0 atom stereocenters. The van der Waals surface area contributed by atoms with Crippen molar-refractivity contribution >= 4 is 6.29 Å². The van der Waals surface area contributed by atoms with Crippen molar-refractivity contribution in [2.45, 2.75) is 20.8 Å². The van der Waals surface area contributed by atoms with Crippen LogP contribution >= 0.6 is 0 Å². The molecular weight excluding hydrogens is 163 g/mol. The van der Waals surface area contributed by atoms with E-state index in [9.17, 15) is 0 Å². The predicted octanol–water partition coefficient (Wildman–Crippen LogP) is 0.952. The van der Waals surface area contributed by atoms with Crippen LogP contribution < -0.4 is 0 Å².